The van der Waals surface area contributed by atoms with E-state index in [-0.39, 0.29) is 15.6 Å². The summed E-state index contributed by atoms with van der Waals surface area (Å²) in [7, 11) is -5.99. The zero-order valence-corrected chi connectivity index (χ0v) is 14.9. The van der Waals surface area contributed by atoms with Gasteiger partial charge in [0.1, 0.15) is 4.21 Å². The van der Waals surface area contributed by atoms with Gasteiger partial charge in [0.25, 0.3) is 10.0 Å². The Morgan fingerprint density at radius 1 is 1.09 bits per heavy atom. The van der Waals surface area contributed by atoms with Crippen LogP contribution >= 0.6 is 22.9 Å². The average molecular weight is 381 g/mol. The molecule has 2 aromatic rings. The Balaban J connectivity index is 2.43. The summed E-state index contributed by atoms with van der Waals surface area (Å²) in [5.74, 6) is 0. The van der Waals surface area contributed by atoms with Gasteiger partial charge in [-0.3, -0.25) is 9.03 Å². The van der Waals surface area contributed by atoms with E-state index in [1.807, 2.05) is 0 Å². The molecule has 1 N–H and O–H groups in total. The van der Waals surface area contributed by atoms with E-state index in [9.17, 15) is 16.8 Å². The number of rotatable bonds is 5. The maximum Gasteiger partial charge on any atom is 0.271 e. The Morgan fingerprint density at radius 2 is 1.73 bits per heavy atom. The number of halogens is 1. The van der Waals surface area contributed by atoms with Crippen LogP contribution in [-0.2, 0) is 20.0 Å². The molecule has 1 heterocycles. The third-order valence-electron chi connectivity index (χ3n) is 2.80. The van der Waals surface area contributed by atoms with Crippen LogP contribution in [0.5, 0.6) is 0 Å². The van der Waals surface area contributed by atoms with E-state index >= 15 is 0 Å². The molecule has 0 saturated heterocycles. The highest BCUT2D eigenvalue weighted by atomic mass is 35.5. The smallest absolute Gasteiger partial charge is 0.271 e. The molecule has 0 aliphatic rings. The number of para-hydroxylation sites is 2. The van der Waals surface area contributed by atoms with Crippen molar-refractivity contribution in [3.8, 4) is 0 Å². The second-order valence-electron chi connectivity index (χ2n) is 4.41. The summed E-state index contributed by atoms with van der Waals surface area (Å²) < 4.78 is 51.7. The number of sulfonamides is 2. The molecule has 0 saturated carbocycles. The Hall–Kier alpha value is -1.29. The number of nitrogens with one attached hydrogen (secondary N) is 1. The highest BCUT2D eigenvalue weighted by molar-refractivity contribution is 7.94. The lowest BCUT2D eigenvalue weighted by molar-refractivity contribution is 0.598. The van der Waals surface area contributed by atoms with Crippen molar-refractivity contribution in [3.05, 3.63) is 40.7 Å². The van der Waals surface area contributed by atoms with E-state index in [0.717, 1.165) is 21.9 Å². The molecule has 0 aliphatic heterocycles. The van der Waals surface area contributed by atoms with Crippen LogP contribution in [0.25, 0.3) is 0 Å². The third-order valence-corrected chi connectivity index (χ3v) is 7.08. The van der Waals surface area contributed by atoms with Crippen LogP contribution in [0.4, 0.5) is 11.4 Å². The average Bonchev–Trinajstić information content (AvgIpc) is 2.85. The van der Waals surface area contributed by atoms with Crippen molar-refractivity contribution < 1.29 is 16.8 Å². The van der Waals surface area contributed by atoms with Gasteiger partial charge in [-0.25, -0.2) is 16.8 Å². The van der Waals surface area contributed by atoms with Gasteiger partial charge in [0.15, 0.2) is 0 Å². The predicted octanol–water partition coefficient (Wildman–Crippen LogP) is 2.60. The zero-order chi connectivity index (χ0) is 16.5. The van der Waals surface area contributed by atoms with Crippen LogP contribution in [0, 0.1) is 0 Å². The standard InChI is InChI=1S/C12H13ClN2O4S3/c1-15(21(2,16)17)10-6-4-3-5-9(10)14-22(18,19)12-8-7-11(13)20-12/h3-8,14H,1-2H3. The fourth-order valence-corrected chi connectivity index (χ4v) is 4.72. The van der Waals surface area contributed by atoms with Crippen LogP contribution in [0.1, 0.15) is 0 Å². The lowest BCUT2D eigenvalue weighted by Gasteiger charge is -2.20. The molecule has 0 aliphatic carbocycles. The Morgan fingerprint density at radius 3 is 2.27 bits per heavy atom. The van der Waals surface area contributed by atoms with Crippen molar-refractivity contribution in [1.82, 2.24) is 0 Å². The van der Waals surface area contributed by atoms with Crippen molar-refractivity contribution in [2.24, 2.45) is 0 Å². The third kappa shape index (κ3) is 3.72. The van der Waals surface area contributed by atoms with Crippen LogP contribution in [0.15, 0.2) is 40.6 Å². The minimum absolute atomic E-state index is 0.0503. The fourth-order valence-electron chi connectivity index (χ4n) is 1.65. The summed E-state index contributed by atoms with van der Waals surface area (Å²) in [6.45, 7) is 0. The van der Waals surface area contributed by atoms with Crippen molar-refractivity contribution in [2.45, 2.75) is 4.21 Å². The lowest BCUT2D eigenvalue weighted by Crippen LogP contribution is -2.26. The molecule has 1 aromatic carbocycles. The Kier molecular flexibility index (Phi) is 4.71. The van der Waals surface area contributed by atoms with Gasteiger partial charge in [-0.2, -0.15) is 0 Å². The van der Waals surface area contributed by atoms with Gasteiger partial charge in [-0.15, -0.1) is 11.3 Å². The van der Waals surface area contributed by atoms with Gasteiger partial charge in [0.2, 0.25) is 10.0 Å². The molecule has 0 radical (unpaired) electrons. The summed E-state index contributed by atoms with van der Waals surface area (Å²) in [6, 6.07) is 9.10. The Labute approximate surface area is 138 Å². The first-order valence-corrected chi connectivity index (χ1v) is 10.4. The van der Waals surface area contributed by atoms with E-state index in [2.05, 4.69) is 4.72 Å². The summed E-state index contributed by atoms with van der Waals surface area (Å²) >= 11 is 6.67. The number of benzene rings is 1. The summed E-state index contributed by atoms with van der Waals surface area (Å²) in [5.41, 5.74) is 0.399. The van der Waals surface area contributed by atoms with Gasteiger partial charge in [-0.1, -0.05) is 23.7 Å². The first kappa shape index (κ1) is 17.1. The molecular formula is C12H13ClN2O4S3. The van der Waals surface area contributed by atoms with Crippen molar-refractivity contribution in [2.75, 3.05) is 22.3 Å². The van der Waals surface area contributed by atoms with Crippen LogP contribution in [-0.4, -0.2) is 30.1 Å². The minimum atomic E-state index is -3.83. The molecule has 0 amide bonds. The van der Waals surface area contributed by atoms with Crippen molar-refractivity contribution >= 4 is 54.4 Å². The van der Waals surface area contributed by atoms with Crippen molar-refractivity contribution in [3.63, 3.8) is 0 Å². The first-order valence-electron chi connectivity index (χ1n) is 5.92. The molecule has 2 rings (SSSR count). The highest BCUT2D eigenvalue weighted by Crippen LogP contribution is 2.31. The van der Waals surface area contributed by atoms with E-state index in [4.69, 9.17) is 11.6 Å². The number of nitrogens with zero attached hydrogens (tertiary/aromatic N) is 1. The summed E-state index contributed by atoms with van der Waals surface area (Å²) in [5, 5.41) is 0. The highest BCUT2D eigenvalue weighted by Gasteiger charge is 2.21. The molecule has 120 valence electrons. The molecular weight excluding hydrogens is 368 g/mol. The predicted molar refractivity (Wildman–Crippen MR) is 89.8 cm³/mol. The van der Waals surface area contributed by atoms with Gasteiger partial charge < -0.3 is 0 Å². The summed E-state index contributed by atoms with van der Waals surface area (Å²) in [6.07, 6.45) is 1.04. The molecule has 0 bridgehead atoms. The molecule has 6 nitrogen and oxygen atoms in total. The van der Waals surface area contributed by atoms with E-state index < -0.39 is 20.0 Å². The second kappa shape index (κ2) is 6.07. The van der Waals surface area contributed by atoms with E-state index in [0.29, 0.717) is 4.34 Å². The monoisotopic (exact) mass is 380 g/mol. The molecule has 0 fully saturated rings. The number of hydrogen-bond donors (Lipinski definition) is 1. The molecule has 22 heavy (non-hydrogen) atoms. The van der Waals surface area contributed by atoms with Gasteiger partial charge in [-0.05, 0) is 24.3 Å². The van der Waals surface area contributed by atoms with Gasteiger partial charge in [0, 0.05) is 7.05 Å². The van der Waals surface area contributed by atoms with Crippen LogP contribution in [0.2, 0.25) is 4.34 Å². The van der Waals surface area contributed by atoms with Crippen molar-refractivity contribution in [1.29, 1.82) is 0 Å². The molecule has 1 aromatic heterocycles. The molecule has 0 unspecified atom stereocenters. The molecule has 0 spiro atoms. The van der Waals surface area contributed by atoms with E-state index in [1.54, 1.807) is 12.1 Å². The number of thiophene rings is 1. The van der Waals surface area contributed by atoms with Crippen LogP contribution < -0.4 is 9.03 Å². The summed E-state index contributed by atoms with van der Waals surface area (Å²) in [4.78, 5) is 0. The second-order valence-corrected chi connectivity index (χ2v) is 10.0. The Bertz CT molecular complexity index is 891. The number of hydrogen-bond acceptors (Lipinski definition) is 5. The first-order chi connectivity index (χ1) is 10.1. The number of anilines is 2. The zero-order valence-electron chi connectivity index (χ0n) is 11.6. The SMILES string of the molecule is CN(c1ccccc1NS(=O)(=O)c1ccc(Cl)s1)S(C)(=O)=O. The van der Waals surface area contributed by atoms with Gasteiger partial charge in [0.05, 0.1) is 22.0 Å². The van der Waals surface area contributed by atoms with Gasteiger partial charge >= 0.3 is 0 Å². The minimum Gasteiger partial charge on any atom is -0.277 e. The maximum atomic E-state index is 12.3. The fraction of sp³-hybridized carbons (Fsp3) is 0.167. The topological polar surface area (TPSA) is 83.6 Å². The largest absolute Gasteiger partial charge is 0.277 e. The molecule has 10 heteroatoms. The normalized spacial score (nSPS) is 12.1. The van der Waals surface area contributed by atoms with Crippen LogP contribution in [0.3, 0.4) is 0 Å². The quantitative estimate of drug-likeness (QED) is 0.864. The van der Waals surface area contributed by atoms with E-state index in [1.165, 1.54) is 31.3 Å². The lowest BCUT2D eigenvalue weighted by atomic mass is 10.3. The maximum absolute atomic E-state index is 12.3. The molecule has 0 atom stereocenters.